The summed E-state index contributed by atoms with van der Waals surface area (Å²) in [7, 11) is 0. The number of halogens is 3. The van der Waals surface area contributed by atoms with Gasteiger partial charge in [0, 0.05) is 25.5 Å². The molecular formula is C11H13F3N2O2. The Kier molecular flexibility index (Phi) is 4.66. The van der Waals surface area contributed by atoms with Gasteiger partial charge in [-0.1, -0.05) is 0 Å². The van der Waals surface area contributed by atoms with Gasteiger partial charge in [0.2, 0.25) is 0 Å². The fourth-order valence-corrected chi connectivity index (χ4v) is 1.39. The molecule has 18 heavy (non-hydrogen) atoms. The van der Waals surface area contributed by atoms with E-state index in [1.165, 1.54) is 6.20 Å². The summed E-state index contributed by atoms with van der Waals surface area (Å²) < 4.78 is 37.0. The minimum Gasteiger partial charge on any atom is -0.481 e. The summed E-state index contributed by atoms with van der Waals surface area (Å²) in [6.45, 7) is 1.30. The smallest absolute Gasteiger partial charge is 0.403 e. The lowest BCUT2D eigenvalue weighted by molar-refractivity contribution is -0.192. The van der Waals surface area contributed by atoms with Crippen LogP contribution in [0.3, 0.4) is 0 Å². The predicted molar refractivity (Wildman–Crippen MR) is 57.9 cm³/mol. The van der Waals surface area contributed by atoms with Crippen LogP contribution in [0.15, 0.2) is 18.5 Å². The summed E-state index contributed by atoms with van der Waals surface area (Å²) >= 11 is 0. The van der Waals surface area contributed by atoms with Crippen molar-refractivity contribution in [2.75, 3.05) is 6.54 Å². The van der Waals surface area contributed by atoms with Crippen molar-refractivity contribution in [2.24, 2.45) is 5.92 Å². The molecule has 0 aliphatic rings. The van der Waals surface area contributed by atoms with Gasteiger partial charge in [-0.15, -0.1) is 0 Å². The zero-order valence-corrected chi connectivity index (χ0v) is 9.66. The van der Waals surface area contributed by atoms with Crippen LogP contribution in [0.25, 0.3) is 0 Å². The monoisotopic (exact) mass is 262 g/mol. The van der Waals surface area contributed by atoms with E-state index in [-0.39, 0.29) is 6.54 Å². The number of carboxylic acids is 1. The Hall–Kier alpha value is -1.63. The first-order chi connectivity index (χ1) is 8.32. The number of carbonyl (C=O) groups is 1. The number of hydrogen-bond donors (Lipinski definition) is 2. The van der Waals surface area contributed by atoms with Gasteiger partial charge in [-0.05, 0) is 24.1 Å². The van der Waals surface area contributed by atoms with E-state index < -0.39 is 24.6 Å². The Morgan fingerprint density at radius 3 is 2.72 bits per heavy atom. The van der Waals surface area contributed by atoms with Crippen LogP contribution in [-0.2, 0) is 11.3 Å². The number of aryl methyl sites for hydroxylation is 1. The average Bonchev–Trinajstić information content (AvgIpc) is 2.24. The van der Waals surface area contributed by atoms with Gasteiger partial charge in [0.15, 0.2) is 5.92 Å². The number of alkyl halides is 3. The highest BCUT2D eigenvalue weighted by atomic mass is 19.4. The van der Waals surface area contributed by atoms with Gasteiger partial charge < -0.3 is 10.4 Å². The molecule has 1 aromatic heterocycles. The maximum atomic E-state index is 12.3. The van der Waals surface area contributed by atoms with Gasteiger partial charge in [0.1, 0.15) is 0 Å². The third kappa shape index (κ3) is 3.99. The number of hydrogen-bond acceptors (Lipinski definition) is 3. The van der Waals surface area contributed by atoms with Gasteiger partial charge in [0.25, 0.3) is 0 Å². The first kappa shape index (κ1) is 14.4. The van der Waals surface area contributed by atoms with Crippen molar-refractivity contribution in [3.8, 4) is 0 Å². The number of carboxylic acid groups (broad SMARTS) is 1. The highest BCUT2D eigenvalue weighted by Crippen LogP contribution is 2.25. The van der Waals surface area contributed by atoms with E-state index in [2.05, 4.69) is 10.3 Å². The van der Waals surface area contributed by atoms with Crippen molar-refractivity contribution >= 4 is 5.97 Å². The first-order valence-corrected chi connectivity index (χ1v) is 5.22. The van der Waals surface area contributed by atoms with Crippen LogP contribution < -0.4 is 5.32 Å². The molecular weight excluding hydrogens is 249 g/mol. The number of nitrogens with zero attached hydrogens (tertiary/aromatic N) is 1. The predicted octanol–water partition coefficient (Wildman–Crippen LogP) is 1.74. The summed E-state index contributed by atoms with van der Waals surface area (Å²) in [5.41, 5.74) is 1.63. The van der Waals surface area contributed by atoms with Gasteiger partial charge in [0.05, 0.1) is 0 Å². The molecule has 0 spiro atoms. The van der Waals surface area contributed by atoms with E-state index in [4.69, 9.17) is 5.11 Å². The Labute approximate surface area is 102 Å². The second-order valence-electron chi connectivity index (χ2n) is 3.87. The third-order valence-electron chi connectivity index (χ3n) is 2.49. The number of pyridine rings is 1. The van der Waals surface area contributed by atoms with Gasteiger partial charge in [-0.25, -0.2) is 0 Å². The van der Waals surface area contributed by atoms with E-state index in [9.17, 15) is 18.0 Å². The molecule has 0 radical (unpaired) electrons. The Morgan fingerprint density at radius 1 is 1.56 bits per heavy atom. The zero-order chi connectivity index (χ0) is 13.8. The molecule has 1 rings (SSSR count). The van der Waals surface area contributed by atoms with E-state index in [0.29, 0.717) is 0 Å². The molecule has 1 heterocycles. The summed E-state index contributed by atoms with van der Waals surface area (Å²) in [5, 5.41) is 11.0. The number of rotatable bonds is 5. The summed E-state index contributed by atoms with van der Waals surface area (Å²) in [6, 6.07) is 1.67. The molecule has 0 saturated heterocycles. The van der Waals surface area contributed by atoms with E-state index in [1.54, 1.807) is 19.2 Å². The quantitative estimate of drug-likeness (QED) is 0.848. The molecule has 7 heteroatoms. The summed E-state index contributed by atoms with van der Waals surface area (Å²) in [6.07, 6.45) is -1.62. The zero-order valence-electron chi connectivity index (χ0n) is 9.66. The molecule has 0 fully saturated rings. The second kappa shape index (κ2) is 5.81. The Bertz CT molecular complexity index is 421. The largest absolute Gasteiger partial charge is 0.481 e. The van der Waals surface area contributed by atoms with Gasteiger partial charge in [-0.2, -0.15) is 13.2 Å². The fourth-order valence-electron chi connectivity index (χ4n) is 1.39. The van der Waals surface area contributed by atoms with Crippen molar-refractivity contribution in [3.63, 3.8) is 0 Å². The van der Waals surface area contributed by atoms with Crippen molar-refractivity contribution in [3.05, 3.63) is 29.6 Å². The van der Waals surface area contributed by atoms with Crippen LogP contribution in [0, 0.1) is 12.8 Å². The molecule has 0 aliphatic heterocycles. The van der Waals surface area contributed by atoms with Crippen LogP contribution >= 0.6 is 0 Å². The molecule has 1 aromatic rings. The molecule has 0 aliphatic carbocycles. The summed E-state index contributed by atoms with van der Waals surface area (Å²) in [4.78, 5) is 14.3. The SMILES string of the molecule is Cc1cnccc1CNCC(C(=O)O)C(F)(F)F. The Morgan fingerprint density at radius 2 is 2.22 bits per heavy atom. The molecule has 100 valence electrons. The van der Waals surface area contributed by atoms with Crippen molar-refractivity contribution in [1.82, 2.24) is 10.3 Å². The molecule has 4 nitrogen and oxygen atoms in total. The molecule has 2 N–H and O–H groups in total. The highest BCUT2D eigenvalue weighted by Gasteiger charge is 2.44. The first-order valence-electron chi connectivity index (χ1n) is 5.22. The van der Waals surface area contributed by atoms with Crippen LogP contribution in [0.1, 0.15) is 11.1 Å². The highest BCUT2D eigenvalue weighted by molar-refractivity contribution is 5.71. The van der Waals surface area contributed by atoms with Crippen LogP contribution in [0.2, 0.25) is 0 Å². The van der Waals surface area contributed by atoms with Crippen LogP contribution in [-0.4, -0.2) is 28.8 Å². The lowest BCUT2D eigenvalue weighted by Gasteiger charge is -2.16. The van der Waals surface area contributed by atoms with E-state index >= 15 is 0 Å². The second-order valence-corrected chi connectivity index (χ2v) is 3.87. The van der Waals surface area contributed by atoms with Crippen molar-refractivity contribution in [2.45, 2.75) is 19.6 Å². The Balaban J connectivity index is 2.55. The van der Waals surface area contributed by atoms with Crippen LogP contribution in [0.5, 0.6) is 0 Å². The fraction of sp³-hybridized carbons (Fsp3) is 0.455. The topological polar surface area (TPSA) is 62.2 Å². The lowest BCUT2D eigenvalue weighted by atomic mass is 10.1. The number of nitrogens with one attached hydrogen (secondary N) is 1. The lowest BCUT2D eigenvalue weighted by Crippen LogP contribution is -2.38. The number of aromatic nitrogens is 1. The van der Waals surface area contributed by atoms with Gasteiger partial charge in [-0.3, -0.25) is 9.78 Å². The molecule has 0 bridgehead atoms. The molecule has 1 atom stereocenters. The molecule has 1 unspecified atom stereocenters. The third-order valence-corrected chi connectivity index (χ3v) is 2.49. The molecule has 0 saturated carbocycles. The van der Waals surface area contributed by atoms with E-state index in [0.717, 1.165) is 11.1 Å². The maximum absolute atomic E-state index is 12.3. The van der Waals surface area contributed by atoms with Crippen molar-refractivity contribution < 1.29 is 23.1 Å². The maximum Gasteiger partial charge on any atom is 0.403 e. The van der Waals surface area contributed by atoms with Gasteiger partial charge >= 0.3 is 12.1 Å². The minimum absolute atomic E-state index is 0.175. The normalized spacial score (nSPS) is 13.3. The minimum atomic E-state index is -4.74. The number of aliphatic carboxylic acids is 1. The standard InChI is InChI=1S/C11H13F3N2O2/c1-7-4-15-3-2-8(7)5-16-6-9(10(17)18)11(12,13)14/h2-4,9,16H,5-6H2,1H3,(H,17,18). The molecule has 0 amide bonds. The average molecular weight is 262 g/mol. The molecule has 0 aromatic carbocycles. The summed E-state index contributed by atoms with van der Waals surface area (Å²) in [5.74, 6) is -4.26. The van der Waals surface area contributed by atoms with E-state index in [1.807, 2.05) is 0 Å². The van der Waals surface area contributed by atoms with Crippen LogP contribution in [0.4, 0.5) is 13.2 Å². The van der Waals surface area contributed by atoms with Crippen molar-refractivity contribution in [1.29, 1.82) is 0 Å².